The Morgan fingerprint density at radius 2 is 1.83 bits per heavy atom. The van der Waals surface area contributed by atoms with Crippen LogP contribution in [0.4, 0.5) is 0 Å². The van der Waals surface area contributed by atoms with Crippen LogP contribution >= 0.6 is 11.8 Å². The van der Waals surface area contributed by atoms with Gasteiger partial charge in [0.05, 0.1) is 0 Å². The Morgan fingerprint density at radius 1 is 1.21 bits per heavy atom. The van der Waals surface area contributed by atoms with E-state index in [0.717, 1.165) is 30.1 Å². The molecule has 2 aliphatic heterocycles. The SMILES string of the molecule is C[C@H](NC(=O)[C@@]12CCC(=O)N1CCS2)C12CC3CC(CC(C3)C1)C2. The van der Waals surface area contributed by atoms with Gasteiger partial charge in [-0.05, 0) is 75.0 Å². The van der Waals surface area contributed by atoms with Gasteiger partial charge >= 0.3 is 0 Å². The van der Waals surface area contributed by atoms with E-state index in [1.165, 1.54) is 38.5 Å². The van der Waals surface area contributed by atoms with E-state index in [4.69, 9.17) is 0 Å². The molecule has 6 fully saturated rings. The van der Waals surface area contributed by atoms with E-state index in [-0.39, 0.29) is 17.9 Å². The Kier molecular flexibility index (Phi) is 3.33. The number of amides is 2. The molecule has 5 heteroatoms. The molecule has 24 heavy (non-hydrogen) atoms. The lowest BCUT2D eigenvalue weighted by atomic mass is 9.48. The lowest BCUT2D eigenvalue weighted by Crippen LogP contribution is -2.60. The molecule has 6 aliphatic rings. The molecule has 2 amide bonds. The van der Waals surface area contributed by atoms with Crippen molar-refractivity contribution in [2.24, 2.45) is 23.2 Å². The van der Waals surface area contributed by atoms with Gasteiger partial charge in [0, 0.05) is 24.8 Å². The minimum absolute atomic E-state index is 0.110. The number of nitrogens with zero attached hydrogens (tertiary/aromatic N) is 1. The van der Waals surface area contributed by atoms with E-state index >= 15 is 0 Å². The maximum Gasteiger partial charge on any atom is 0.256 e. The molecule has 4 bridgehead atoms. The summed E-state index contributed by atoms with van der Waals surface area (Å²) in [5.74, 6) is 3.87. The average molecular weight is 349 g/mol. The molecule has 0 aromatic carbocycles. The second-order valence-electron chi connectivity index (χ2n) is 9.15. The molecule has 1 N–H and O–H groups in total. The van der Waals surface area contributed by atoms with Crippen molar-refractivity contribution in [2.75, 3.05) is 12.3 Å². The molecule has 6 rings (SSSR count). The van der Waals surface area contributed by atoms with Crippen LogP contribution in [0.3, 0.4) is 0 Å². The van der Waals surface area contributed by atoms with Gasteiger partial charge in [0.25, 0.3) is 5.91 Å². The van der Waals surface area contributed by atoms with Gasteiger partial charge in [-0.1, -0.05) is 0 Å². The number of carbonyl (C=O) groups is 2. The minimum atomic E-state index is -0.590. The number of hydrogen-bond donors (Lipinski definition) is 1. The first-order chi connectivity index (χ1) is 11.5. The highest BCUT2D eigenvalue weighted by Gasteiger charge is 2.57. The summed E-state index contributed by atoms with van der Waals surface area (Å²) in [4.78, 5) is 26.5. The first kappa shape index (κ1) is 15.5. The largest absolute Gasteiger partial charge is 0.350 e. The van der Waals surface area contributed by atoms with Crippen LogP contribution in [0.5, 0.6) is 0 Å². The lowest BCUT2D eigenvalue weighted by Gasteiger charge is -2.59. The number of fused-ring (bicyclic) bond motifs is 1. The Hall–Kier alpha value is -0.710. The second kappa shape index (κ2) is 5.15. The lowest BCUT2D eigenvalue weighted by molar-refractivity contribution is -0.138. The van der Waals surface area contributed by atoms with Crippen LogP contribution in [0.25, 0.3) is 0 Å². The van der Waals surface area contributed by atoms with Crippen LogP contribution in [0, 0.1) is 23.2 Å². The number of hydrogen-bond acceptors (Lipinski definition) is 3. The van der Waals surface area contributed by atoms with Gasteiger partial charge < -0.3 is 10.2 Å². The minimum Gasteiger partial charge on any atom is -0.350 e. The molecule has 4 saturated carbocycles. The van der Waals surface area contributed by atoms with Crippen LogP contribution in [0.2, 0.25) is 0 Å². The fraction of sp³-hybridized carbons (Fsp3) is 0.895. The molecule has 4 aliphatic carbocycles. The maximum atomic E-state index is 13.2. The molecular formula is C19H28N2O2S. The molecule has 0 spiro atoms. The highest BCUT2D eigenvalue weighted by atomic mass is 32.2. The molecule has 0 radical (unpaired) electrons. The summed E-state index contributed by atoms with van der Waals surface area (Å²) < 4.78 is 0. The van der Waals surface area contributed by atoms with Crippen molar-refractivity contribution < 1.29 is 9.59 Å². The molecule has 0 unspecified atom stereocenters. The smallest absolute Gasteiger partial charge is 0.256 e. The van der Waals surface area contributed by atoms with Crippen LogP contribution in [-0.2, 0) is 9.59 Å². The summed E-state index contributed by atoms with van der Waals surface area (Å²) in [6, 6.07) is 0.242. The van der Waals surface area contributed by atoms with Crippen LogP contribution in [-0.4, -0.2) is 39.9 Å². The van der Waals surface area contributed by atoms with Crippen molar-refractivity contribution in [3.8, 4) is 0 Å². The Bertz CT molecular complexity index is 557. The van der Waals surface area contributed by atoms with Gasteiger partial charge in [0.1, 0.15) is 0 Å². The first-order valence-electron chi connectivity index (χ1n) is 9.76. The third kappa shape index (κ3) is 2.06. The zero-order valence-corrected chi connectivity index (χ0v) is 15.4. The van der Waals surface area contributed by atoms with Crippen molar-refractivity contribution in [3.05, 3.63) is 0 Å². The predicted octanol–water partition coefficient (Wildman–Crippen LogP) is 2.77. The van der Waals surface area contributed by atoms with E-state index in [0.29, 0.717) is 18.3 Å². The number of rotatable bonds is 3. The van der Waals surface area contributed by atoms with Crippen molar-refractivity contribution in [2.45, 2.75) is 69.2 Å². The highest BCUT2D eigenvalue weighted by molar-refractivity contribution is 8.01. The van der Waals surface area contributed by atoms with Gasteiger partial charge in [0.2, 0.25) is 5.91 Å². The van der Waals surface area contributed by atoms with E-state index in [1.807, 2.05) is 4.90 Å². The number of thioether (sulfide) groups is 1. The number of nitrogens with one attached hydrogen (secondary N) is 1. The molecule has 4 nitrogen and oxygen atoms in total. The van der Waals surface area contributed by atoms with Gasteiger partial charge in [0.15, 0.2) is 4.87 Å². The Balaban J connectivity index is 1.35. The fourth-order valence-corrected chi connectivity index (χ4v) is 8.38. The van der Waals surface area contributed by atoms with Gasteiger partial charge in [-0.2, -0.15) is 0 Å². The van der Waals surface area contributed by atoms with Gasteiger partial charge in [-0.3, -0.25) is 9.59 Å². The van der Waals surface area contributed by atoms with Gasteiger partial charge in [-0.25, -0.2) is 0 Å². The third-order valence-electron chi connectivity index (χ3n) is 7.78. The normalized spacial score (nSPS) is 47.1. The fourth-order valence-electron chi connectivity index (χ4n) is 6.98. The monoisotopic (exact) mass is 348 g/mol. The van der Waals surface area contributed by atoms with Crippen molar-refractivity contribution in [1.82, 2.24) is 10.2 Å². The summed E-state index contributed by atoms with van der Waals surface area (Å²) in [7, 11) is 0. The standard InChI is InChI=1S/C19H28N2O2S/c1-12(18-9-13-6-14(10-18)8-15(7-13)11-18)20-17(23)19-3-2-16(22)21(19)4-5-24-19/h12-15H,2-11H2,1H3,(H,20,23)/t12-,13?,14?,15?,18?,19-/m0/s1. The van der Waals surface area contributed by atoms with E-state index in [1.54, 1.807) is 11.8 Å². The quantitative estimate of drug-likeness (QED) is 0.853. The Morgan fingerprint density at radius 3 is 2.46 bits per heavy atom. The summed E-state index contributed by atoms with van der Waals surface area (Å²) in [6.07, 6.45) is 9.45. The van der Waals surface area contributed by atoms with Crippen molar-refractivity contribution in [1.29, 1.82) is 0 Å². The van der Waals surface area contributed by atoms with Gasteiger partial charge in [-0.15, -0.1) is 11.8 Å². The second-order valence-corrected chi connectivity index (χ2v) is 10.5. The molecule has 2 atom stereocenters. The molecule has 2 saturated heterocycles. The summed E-state index contributed by atoms with van der Waals surface area (Å²) in [5, 5.41) is 3.41. The molecule has 0 aromatic rings. The third-order valence-corrected chi connectivity index (χ3v) is 9.25. The van der Waals surface area contributed by atoms with E-state index in [9.17, 15) is 9.59 Å². The van der Waals surface area contributed by atoms with E-state index in [2.05, 4.69) is 12.2 Å². The molecule has 0 aromatic heterocycles. The average Bonchev–Trinajstić information content (AvgIpc) is 3.08. The summed E-state index contributed by atoms with van der Waals surface area (Å²) >= 11 is 1.68. The van der Waals surface area contributed by atoms with Crippen LogP contribution < -0.4 is 5.32 Å². The summed E-state index contributed by atoms with van der Waals surface area (Å²) in [5.41, 5.74) is 0.331. The zero-order chi connectivity index (χ0) is 16.5. The van der Waals surface area contributed by atoms with Crippen LogP contribution in [0.1, 0.15) is 58.3 Å². The maximum absolute atomic E-state index is 13.2. The topological polar surface area (TPSA) is 49.4 Å². The Labute approximate surface area is 148 Å². The van der Waals surface area contributed by atoms with Crippen molar-refractivity contribution >= 4 is 23.6 Å². The van der Waals surface area contributed by atoms with E-state index < -0.39 is 4.87 Å². The van der Waals surface area contributed by atoms with Crippen molar-refractivity contribution in [3.63, 3.8) is 0 Å². The molecule has 132 valence electrons. The molecule has 2 heterocycles. The predicted molar refractivity (Wildman–Crippen MR) is 94.3 cm³/mol. The van der Waals surface area contributed by atoms with Crippen LogP contribution in [0.15, 0.2) is 0 Å². The molecular weight excluding hydrogens is 320 g/mol. The highest BCUT2D eigenvalue weighted by Crippen LogP contribution is 2.61. The zero-order valence-electron chi connectivity index (χ0n) is 14.6. The summed E-state index contributed by atoms with van der Waals surface area (Å²) in [6.45, 7) is 2.98. The number of carbonyl (C=O) groups excluding carboxylic acids is 2. The first-order valence-corrected chi connectivity index (χ1v) is 10.7.